The van der Waals surface area contributed by atoms with Crippen LogP contribution in [0.15, 0.2) is 22.7 Å². The first-order valence-electron chi connectivity index (χ1n) is 5.53. The first-order chi connectivity index (χ1) is 7.04. The molecule has 0 heterocycles. The molecule has 1 aliphatic rings. The van der Waals surface area contributed by atoms with Crippen LogP contribution >= 0.6 is 15.9 Å². The largest absolute Gasteiger partial charge is 0.330 e. The molecule has 2 N–H and O–H groups in total. The zero-order valence-corrected chi connectivity index (χ0v) is 11.0. The van der Waals surface area contributed by atoms with Crippen LogP contribution in [0, 0.1) is 5.41 Å². The molecule has 2 heteroatoms. The van der Waals surface area contributed by atoms with E-state index in [1.54, 1.807) is 0 Å². The van der Waals surface area contributed by atoms with Crippen LogP contribution in [-0.4, -0.2) is 6.54 Å². The molecule has 0 saturated heterocycles. The maximum Gasteiger partial charge on any atom is 0.0178 e. The van der Waals surface area contributed by atoms with Gasteiger partial charge in [-0.05, 0) is 54.0 Å². The lowest BCUT2D eigenvalue weighted by Gasteiger charge is -2.30. The van der Waals surface area contributed by atoms with Gasteiger partial charge in [-0.25, -0.2) is 0 Å². The fraction of sp³-hybridized carbons (Fsp3) is 0.538. The molecule has 0 radical (unpaired) electrons. The number of fused-ring (bicyclic) bond motifs is 1. The molecule has 1 aliphatic carbocycles. The summed E-state index contributed by atoms with van der Waals surface area (Å²) in [7, 11) is 0. The third-order valence-corrected chi connectivity index (χ3v) is 4.15. The minimum Gasteiger partial charge on any atom is -0.330 e. The van der Waals surface area contributed by atoms with Crippen LogP contribution in [0.5, 0.6) is 0 Å². The minimum atomic E-state index is 0.221. The summed E-state index contributed by atoms with van der Waals surface area (Å²) in [6.45, 7) is 5.30. The Balaban J connectivity index is 2.37. The van der Waals surface area contributed by atoms with Crippen molar-refractivity contribution in [3.05, 3.63) is 33.8 Å². The predicted octanol–water partition coefficient (Wildman–Crippen LogP) is 3.46. The molecule has 1 nitrogen and oxygen atoms in total. The monoisotopic (exact) mass is 267 g/mol. The number of benzene rings is 1. The van der Waals surface area contributed by atoms with Gasteiger partial charge >= 0.3 is 0 Å². The lowest BCUT2D eigenvalue weighted by molar-refractivity contribution is 0.294. The Kier molecular flexibility index (Phi) is 2.91. The molecule has 0 saturated carbocycles. The zero-order valence-electron chi connectivity index (χ0n) is 9.39. The molecule has 2 rings (SSSR count). The van der Waals surface area contributed by atoms with Gasteiger partial charge in [-0.1, -0.05) is 35.8 Å². The molecule has 1 unspecified atom stereocenters. The molecular formula is C13H18BrN. The first kappa shape index (κ1) is 11.2. The highest BCUT2D eigenvalue weighted by atomic mass is 79.9. The fourth-order valence-electron chi connectivity index (χ4n) is 2.54. The highest BCUT2D eigenvalue weighted by Crippen LogP contribution is 2.44. The second kappa shape index (κ2) is 3.91. The molecule has 0 fully saturated rings. The quantitative estimate of drug-likeness (QED) is 0.873. The average Bonchev–Trinajstić information content (AvgIpc) is 2.61. The molecular weight excluding hydrogens is 250 g/mol. The van der Waals surface area contributed by atoms with Crippen molar-refractivity contribution in [2.75, 3.05) is 6.54 Å². The molecule has 82 valence electrons. The topological polar surface area (TPSA) is 26.0 Å². The van der Waals surface area contributed by atoms with Crippen LogP contribution in [0.25, 0.3) is 0 Å². The molecule has 1 atom stereocenters. The van der Waals surface area contributed by atoms with Crippen LogP contribution in [-0.2, 0) is 6.42 Å². The smallest absolute Gasteiger partial charge is 0.0178 e. The Bertz CT molecular complexity index is 371. The Morgan fingerprint density at radius 1 is 1.47 bits per heavy atom. The summed E-state index contributed by atoms with van der Waals surface area (Å²) in [6.07, 6.45) is 2.44. The number of halogens is 1. The number of rotatable bonds is 2. The van der Waals surface area contributed by atoms with E-state index in [-0.39, 0.29) is 5.41 Å². The molecule has 15 heavy (non-hydrogen) atoms. The van der Waals surface area contributed by atoms with E-state index in [4.69, 9.17) is 5.73 Å². The van der Waals surface area contributed by atoms with Crippen LogP contribution in [0.2, 0.25) is 0 Å². The molecule has 0 aromatic heterocycles. The van der Waals surface area contributed by atoms with Crippen molar-refractivity contribution in [3.63, 3.8) is 0 Å². The van der Waals surface area contributed by atoms with Gasteiger partial charge in [-0.3, -0.25) is 0 Å². The van der Waals surface area contributed by atoms with Gasteiger partial charge in [0.2, 0.25) is 0 Å². The highest BCUT2D eigenvalue weighted by Gasteiger charge is 2.34. The first-order valence-corrected chi connectivity index (χ1v) is 6.32. The summed E-state index contributed by atoms with van der Waals surface area (Å²) >= 11 is 3.53. The highest BCUT2D eigenvalue weighted by molar-refractivity contribution is 9.10. The van der Waals surface area contributed by atoms with Gasteiger partial charge < -0.3 is 5.73 Å². The summed E-state index contributed by atoms with van der Waals surface area (Å²) in [5, 5.41) is 0. The third kappa shape index (κ3) is 1.98. The number of aryl methyl sites for hydroxylation is 1. The molecule has 0 amide bonds. The molecule has 0 bridgehead atoms. The van der Waals surface area contributed by atoms with Crippen molar-refractivity contribution in [2.24, 2.45) is 11.1 Å². The van der Waals surface area contributed by atoms with E-state index in [9.17, 15) is 0 Å². The van der Waals surface area contributed by atoms with E-state index in [2.05, 4.69) is 48.0 Å². The Morgan fingerprint density at radius 2 is 2.20 bits per heavy atom. The standard InChI is InChI=1S/C13H18BrN/c1-13(2,8-15)12-6-3-9-7-10(14)4-5-11(9)12/h4-5,7,12H,3,6,8,15H2,1-2H3. The lowest BCUT2D eigenvalue weighted by Crippen LogP contribution is -2.29. The van der Waals surface area contributed by atoms with E-state index in [0.717, 1.165) is 6.54 Å². The molecule has 0 spiro atoms. The summed E-state index contributed by atoms with van der Waals surface area (Å²) in [5.74, 6) is 0.630. The normalized spacial score (nSPS) is 20.4. The Labute approximate surface area is 100 Å². The summed E-state index contributed by atoms with van der Waals surface area (Å²) < 4.78 is 1.19. The number of hydrogen-bond acceptors (Lipinski definition) is 1. The predicted molar refractivity (Wildman–Crippen MR) is 68.0 cm³/mol. The SMILES string of the molecule is CC(C)(CN)C1CCc2cc(Br)ccc21. The van der Waals surface area contributed by atoms with Crippen LogP contribution < -0.4 is 5.73 Å². The van der Waals surface area contributed by atoms with Crippen molar-refractivity contribution < 1.29 is 0 Å². The molecule has 1 aromatic rings. The van der Waals surface area contributed by atoms with Gasteiger partial charge in [0.15, 0.2) is 0 Å². The second-order valence-electron chi connectivity index (χ2n) is 5.13. The van der Waals surface area contributed by atoms with Gasteiger partial charge in [0.05, 0.1) is 0 Å². The average molecular weight is 268 g/mol. The summed E-state index contributed by atoms with van der Waals surface area (Å²) in [5.41, 5.74) is 9.09. The van der Waals surface area contributed by atoms with Gasteiger partial charge in [-0.15, -0.1) is 0 Å². The van der Waals surface area contributed by atoms with Gasteiger partial charge in [-0.2, -0.15) is 0 Å². The van der Waals surface area contributed by atoms with Gasteiger partial charge in [0.1, 0.15) is 0 Å². The Morgan fingerprint density at radius 3 is 2.87 bits per heavy atom. The van der Waals surface area contributed by atoms with Crippen molar-refractivity contribution in [1.29, 1.82) is 0 Å². The van der Waals surface area contributed by atoms with Gasteiger partial charge in [0, 0.05) is 4.47 Å². The fourth-order valence-corrected chi connectivity index (χ4v) is 2.95. The van der Waals surface area contributed by atoms with E-state index >= 15 is 0 Å². The van der Waals surface area contributed by atoms with Crippen molar-refractivity contribution in [1.82, 2.24) is 0 Å². The van der Waals surface area contributed by atoms with Crippen molar-refractivity contribution in [2.45, 2.75) is 32.6 Å². The van der Waals surface area contributed by atoms with Crippen molar-refractivity contribution in [3.8, 4) is 0 Å². The van der Waals surface area contributed by atoms with E-state index in [1.807, 2.05) is 0 Å². The number of hydrogen-bond donors (Lipinski definition) is 1. The minimum absolute atomic E-state index is 0.221. The third-order valence-electron chi connectivity index (χ3n) is 3.65. The summed E-state index contributed by atoms with van der Waals surface area (Å²) in [6, 6.07) is 6.65. The van der Waals surface area contributed by atoms with E-state index in [1.165, 1.54) is 28.4 Å². The maximum absolute atomic E-state index is 5.86. The maximum atomic E-state index is 5.86. The van der Waals surface area contributed by atoms with Crippen LogP contribution in [0.1, 0.15) is 37.3 Å². The van der Waals surface area contributed by atoms with E-state index in [0.29, 0.717) is 5.92 Å². The Hall–Kier alpha value is -0.340. The molecule has 1 aromatic carbocycles. The van der Waals surface area contributed by atoms with Crippen molar-refractivity contribution >= 4 is 15.9 Å². The second-order valence-corrected chi connectivity index (χ2v) is 6.04. The summed E-state index contributed by atoms with van der Waals surface area (Å²) in [4.78, 5) is 0. The number of nitrogens with two attached hydrogens (primary N) is 1. The van der Waals surface area contributed by atoms with Crippen LogP contribution in [0.4, 0.5) is 0 Å². The zero-order chi connectivity index (χ0) is 11.1. The van der Waals surface area contributed by atoms with Gasteiger partial charge in [0.25, 0.3) is 0 Å². The van der Waals surface area contributed by atoms with E-state index < -0.39 is 0 Å². The molecule has 0 aliphatic heterocycles. The van der Waals surface area contributed by atoms with Crippen LogP contribution in [0.3, 0.4) is 0 Å². The lowest BCUT2D eigenvalue weighted by atomic mass is 9.76.